The molecule has 33 heavy (non-hydrogen) atoms. The number of carbonyl (C=O) groups excluding carboxylic acids is 1. The largest absolute Gasteiger partial charge is 0.337 e. The Hall–Kier alpha value is -2.56. The fourth-order valence-corrected chi connectivity index (χ4v) is 5.80. The molecule has 0 aliphatic carbocycles. The Morgan fingerprint density at radius 2 is 2.00 bits per heavy atom. The van der Waals surface area contributed by atoms with E-state index in [9.17, 15) is 13.2 Å². The Balaban J connectivity index is 1.42. The van der Waals surface area contributed by atoms with E-state index in [2.05, 4.69) is 26.1 Å². The molecule has 4 rings (SSSR count). The molecule has 1 saturated heterocycles. The maximum atomic E-state index is 13.1. The van der Waals surface area contributed by atoms with Gasteiger partial charge >= 0.3 is 0 Å². The number of sulfonamides is 1. The normalized spacial score (nSPS) is 17.1. The molecule has 1 atom stereocenters. The number of carbonyl (C=O) groups is 1. The molecule has 10 heteroatoms. The summed E-state index contributed by atoms with van der Waals surface area (Å²) in [6, 6.07) is 14.3. The Morgan fingerprint density at radius 1 is 1.24 bits per heavy atom. The molecule has 0 N–H and O–H groups in total. The first-order chi connectivity index (χ1) is 15.7. The van der Waals surface area contributed by atoms with E-state index in [1.165, 1.54) is 9.21 Å². The summed E-state index contributed by atoms with van der Waals surface area (Å²) in [4.78, 5) is 19.2. The van der Waals surface area contributed by atoms with Crippen molar-refractivity contribution >= 4 is 31.9 Å². The number of nitrogens with zero attached hydrogens (tertiary/aromatic N) is 4. The molecule has 1 aliphatic rings. The maximum Gasteiger partial charge on any atom is 0.246 e. The van der Waals surface area contributed by atoms with Gasteiger partial charge in [-0.05, 0) is 44.0 Å². The lowest BCUT2D eigenvalue weighted by atomic mass is 9.98. The van der Waals surface area contributed by atoms with Gasteiger partial charge in [0.05, 0.1) is 17.4 Å². The molecule has 0 radical (unpaired) electrons. The van der Waals surface area contributed by atoms with Crippen LogP contribution in [0.4, 0.5) is 0 Å². The summed E-state index contributed by atoms with van der Waals surface area (Å²) in [6.45, 7) is 2.63. The average molecular weight is 533 g/mol. The van der Waals surface area contributed by atoms with Crippen LogP contribution in [-0.2, 0) is 21.4 Å². The second kappa shape index (κ2) is 9.74. The third-order valence-corrected chi connectivity index (χ3v) is 8.06. The molecule has 1 aliphatic heterocycles. The number of piperidine rings is 1. The van der Waals surface area contributed by atoms with Gasteiger partial charge in [0.15, 0.2) is 0 Å². The Morgan fingerprint density at radius 3 is 2.73 bits per heavy atom. The summed E-state index contributed by atoms with van der Waals surface area (Å²) in [6.07, 6.45) is 1.26. The van der Waals surface area contributed by atoms with Gasteiger partial charge in [0.2, 0.25) is 27.6 Å². The second-order valence-electron chi connectivity index (χ2n) is 8.23. The van der Waals surface area contributed by atoms with Gasteiger partial charge in [-0.15, -0.1) is 0 Å². The molecule has 1 aromatic heterocycles. The summed E-state index contributed by atoms with van der Waals surface area (Å²) in [5.41, 5.74) is 1.80. The summed E-state index contributed by atoms with van der Waals surface area (Å²) >= 11 is 3.42. The van der Waals surface area contributed by atoms with Gasteiger partial charge in [0.25, 0.3) is 0 Å². The van der Waals surface area contributed by atoms with Gasteiger partial charge in [-0.3, -0.25) is 4.79 Å². The number of hydrogen-bond donors (Lipinski definition) is 0. The molecule has 8 nitrogen and oxygen atoms in total. The zero-order valence-corrected chi connectivity index (χ0v) is 20.8. The smallest absolute Gasteiger partial charge is 0.246 e. The van der Waals surface area contributed by atoms with E-state index in [-0.39, 0.29) is 23.9 Å². The molecular weight excluding hydrogens is 508 g/mol. The number of aromatic nitrogens is 2. The zero-order chi connectivity index (χ0) is 23.6. The minimum Gasteiger partial charge on any atom is -0.337 e. The molecule has 1 fully saturated rings. The van der Waals surface area contributed by atoms with Crippen molar-refractivity contribution < 1.29 is 17.7 Å². The number of rotatable bonds is 6. The Kier molecular flexibility index (Phi) is 6.96. The highest BCUT2D eigenvalue weighted by molar-refractivity contribution is 9.10. The highest BCUT2D eigenvalue weighted by Crippen LogP contribution is 2.26. The van der Waals surface area contributed by atoms with Crippen LogP contribution in [0.25, 0.3) is 11.4 Å². The lowest BCUT2D eigenvalue weighted by molar-refractivity contribution is -0.136. The molecule has 0 spiro atoms. The van der Waals surface area contributed by atoms with Crippen LogP contribution in [0.5, 0.6) is 0 Å². The minimum absolute atomic E-state index is 0.138. The third kappa shape index (κ3) is 5.34. The van der Waals surface area contributed by atoms with E-state index in [0.717, 1.165) is 15.6 Å². The number of amides is 1. The molecule has 1 amide bonds. The van der Waals surface area contributed by atoms with Crippen molar-refractivity contribution in [1.29, 1.82) is 0 Å². The highest BCUT2D eigenvalue weighted by Gasteiger charge is 2.34. The van der Waals surface area contributed by atoms with Crippen molar-refractivity contribution in [3.8, 4) is 11.4 Å². The predicted molar refractivity (Wildman–Crippen MR) is 127 cm³/mol. The topological polar surface area (TPSA) is 96.6 Å². The fraction of sp³-hybridized carbons (Fsp3) is 0.348. The first-order valence-corrected chi connectivity index (χ1v) is 12.9. The first kappa shape index (κ1) is 23.6. The van der Waals surface area contributed by atoms with Crippen LogP contribution >= 0.6 is 15.9 Å². The summed E-state index contributed by atoms with van der Waals surface area (Å²) in [5.74, 6) is 0.207. The third-order valence-electron chi connectivity index (χ3n) is 5.69. The van der Waals surface area contributed by atoms with Gasteiger partial charge in [-0.2, -0.15) is 9.29 Å². The lowest BCUT2D eigenvalue weighted by Gasteiger charge is -2.33. The minimum atomic E-state index is -3.64. The van der Waals surface area contributed by atoms with Crippen molar-refractivity contribution in [2.45, 2.75) is 31.2 Å². The van der Waals surface area contributed by atoms with Gasteiger partial charge in [-0.1, -0.05) is 50.9 Å². The van der Waals surface area contributed by atoms with Crippen LogP contribution in [0.2, 0.25) is 0 Å². The number of halogens is 1. The van der Waals surface area contributed by atoms with Crippen LogP contribution in [0.15, 0.2) is 62.4 Å². The van der Waals surface area contributed by atoms with Crippen LogP contribution in [-0.4, -0.2) is 53.8 Å². The van der Waals surface area contributed by atoms with Crippen molar-refractivity contribution in [1.82, 2.24) is 19.3 Å². The van der Waals surface area contributed by atoms with Gasteiger partial charge in [0, 0.05) is 30.2 Å². The lowest BCUT2D eigenvalue weighted by Crippen LogP contribution is -2.45. The van der Waals surface area contributed by atoms with E-state index < -0.39 is 15.9 Å². The van der Waals surface area contributed by atoms with E-state index in [4.69, 9.17) is 4.52 Å². The Labute approximate surface area is 201 Å². The molecule has 0 saturated carbocycles. The molecule has 174 valence electrons. The quantitative estimate of drug-likeness (QED) is 0.478. The van der Waals surface area contributed by atoms with Gasteiger partial charge in [0.1, 0.15) is 0 Å². The number of benzene rings is 2. The van der Waals surface area contributed by atoms with Crippen molar-refractivity contribution in [2.24, 2.45) is 5.92 Å². The molecular formula is C23H25BrN4O4S. The SMILES string of the molecule is Cc1ccc(S(=O)(=O)N2CCC[C@@H](C(=O)N(C)Cc3nc(-c4cccc(Br)c4)no3)C2)cc1. The second-order valence-corrected chi connectivity index (χ2v) is 11.1. The van der Waals surface area contributed by atoms with Crippen molar-refractivity contribution in [3.05, 3.63) is 64.5 Å². The van der Waals surface area contributed by atoms with E-state index in [1.807, 2.05) is 31.2 Å². The highest BCUT2D eigenvalue weighted by atomic mass is 79.9. The molecule has 2 aromatic carbocycles. The fourth-order valence-electron chi connectivity index (χ4n) is 3.88. The van der Waals surface area contributed by atoms with Crippen LogP contribution in [0.1, 0.15) is 24.3 Å². The zero-order valence-electron chi connectivity index (χ0n) is 18.4. The van der Waals surface area contributed by atoms with Crippen LogP contribution in [0, 0.1) is 12.8 Å². The standard InChI is InChI=1S/C23H25BrN4O4S/c1-16-8-10-20(11-9-16)33(30,31)28-12-4-6-18(14-28)23(29)27(2)15-21-25-22(26-32-21)17-5-3-7-19(24)13-17/h3,5,7-11,13,18H,4,6,12,14-15H2,1-2H3/t18-/m1/s1. The number of hydrogen-bond acceptors (Lipinski definition) is 6. The summed E-state index contributed by atoms with van der Waals surface area (Å²) in [5, 5.41) is 4.00. The number of aryl methyl sites for hydroxylation is 1. The molecule has 0 unspecified atom stereocenters. The molecule has 2 heterocycles. The van der Waals surface area contributed by atoms with Crippen molar-refractivity contribution in [3.63, 3.8) is 0 Å². The van der Waals surface area contributed by atoms with Gasteiger partial charge < -0.3 is 9.42 Å². The summed E-state index contributed by atoms with van der Waals surface area (Å²) in [7, 11) is -1.98. The van der Waals surface area contributed by atoms with Crippen LogP contribution < -0.4 is 0 Å². The predicted octanol–water partition coefficient (Wildman–Crippen LogP) is 3.87. The summed E-state index contributed by atoms with van der Waals surface area (Å²) < 4.78 is 33.8. The molecule has 3 aromatic rings. The van der Waals surface area contributed by atoms with Gasteiger partial charge in [-0.25, -0.2) is 8.42 Å². The van der Waals surface area contributed by atoms with Crippen LogP contribution in [0.3, 0.4) is 0 Å². The molecule has 0 bridgehead atoms. The van der Waals surface area contributed by atoms with E-state index >= 15 is 0 Å². The van der Waals surface area contributed by atoms with E-state index in [1.54, 1.807) is 31.3 Å². The maximum absolute atomic E-state index is 13.1. The Bertz CT molecular complexity index is 1240. The van der Waals surface area contributed by atoms with Crippen molar-refractivity contribution in [2.75, 3.05) is 20.1 Å². The first-order valence-electron chi connectivity index (χ1n) is 10.6. The average Bonchev–Trinajstić information content (AvgIpc) is 3.27. The monoisotopic (exact) mass is 532 g/mol. The van der Waals surface area contributed by atoms with E-state index in [0.29, 0.717) is 31.1 Å².